The summed E-state index contributed by atoms with van der Waals surface area (Å²) < 4.78 is 4.82. The van der Waals surface area contributed by atoms with E-state index in [9.17, 15) is 19.5 Å². The van der Waals surface area contributed by atoms with Crippen LogP contribution in [0.2, 0.25) is 0 Å². The van der Waals surface area contributed by atoms with Gasteiger partial charge in [0.05, 0.1) is 42.8 Å². The van der Waals surface area contributed by atoms with E-state index in [4.69, 9.17) is 14.6 Å². The molecule has 3 aromatic carbocycles. The molecule has 0 bridgehead atoms. The van der Waals surface area contributed by atoms with Crippen LogP contribution in [0.5, 0.6) is 5.88 Å². The van der Waals surface area contributed by atoms with Crippen LogP contribution in [-0.4, -0.2) is 103 Å². The molecule has 0 unspecified atom stereocenters. The van der Waals surface area contributed by atoms with Crippen LogP contribution in [-0.2, 0) is 14.4 Å². The molecule has 5 rings (SSSR count). The molecule has 45 heavy (non-hydrogen) atoms. The molecular weight excluding hydrogens is 576 g/mol. The third kappa shape index (κ3) is 7.73. The number of carbonyl (C=O) groups excluding carboxylic acids is 3. The second-order valence-electron chi connectivity index (χ2n) is 10.5. The van der Waals surface area contributed by atoms with Crippen molar-refractivity contribution in [1.29, 1.82) is 0 Å². The van der Waals surface area contributed by atoms with Gasteiger partial charge in [-0.2, -0.15) is 0 Å². The summed E-state index contributed by atoms with van der Waals surface area (Å²) in [5.74, 6) is -0.933. The van der Waals surface area contributed by atoms with Crippen LogP contribution >= 0.6 is 0 Å². The number of piperazine rings is 1. The minimum atomic E-state index is -0.479. The number of H-pyrrole nitrogens is 1. The quantitative estimate of drug-likeness (QED) is 0.0875. The van der Waals surface area contributed by atoms with Gasteiger partial charge < -0.3 is 20.1 Å². The Balaban J connectivity index is 1.24. The molecular formula is C33H36N6O6. The molecule has 2 amide bonds. The number of aliphatic imine (C=N–C) groups is 1. The summed E-state index contributed by atoms with van der Waals surface area (Å²) in [6.45, 7) is 4.65. The van der Waals surface area contributed by atoms with Crippen molar-refractivity contribution in [3.8, 4) is 5.88 Å². The number of aromatic amines is 1. The van der Waals surface area contributed by atoms with Gasteiger partial charge in [-0.3, -0.25) is 24.2 Å². The molecule has 0 aliphatic carbocycles. The Labute approximate surface area is 260 Å². The second-order valence-corrected chi connectivity index (χ2v) is 10.5. The van der Waals surface area contributed by atoms with E-state index in [2.05, 4.69) is 25.6 Å². The zero-order chi connectivity index (χ0) is 31.8. The van der Waals surface area contributed by atoms with Gasteiger partial charge in [-0.1, -0.05) is 36.4 Å². The van der Waals surface area contributed by atoms with E-state index in [-0.39, 0.29) is 17.7 Å². The fourth-order valence-electron chi connectivity index (χ4n) is 5.15. The van der Waals surface area contributed by atoms with Crippen molar-refractivity contribution < 1.29 is 29.1 Å². The number of carbonyl (C=O) groups is 3. The highest BCUT2D eigenvalue weighted by Crippen LogP contribution is 2.32. The Morgan fingerprint density at radius 2 is 1.60 bits per heavy atom. The van der Waals surface area contributed by atoms with E-state index >= 15 is 0 Å². The van der Waals surface area contributed by atoms with Gasteiger partial charge in [0.1, 0.15) is 0 Å². The standard InChI is InChI=1S/C33H36N6O6/c1-34-28(40)21-39-16-14-38(15-17-39)18-19-45-37-31(41)23-8-11-25(12-9-23)35-30(22-6-4-3-5-7-22)29-26-13-10-24(33(43)44-2)20-27(26)36-32(29)42/h3-13,20,36,42H,14-19,21H2,1-2H3,(H,34,40)(H,37,41). The zero-order valence-corrected chi connectivity index (χ0v) is 25.2. The van der Waals surface area contributed by atoms with E-state index in [1.54, 1.807) is 49.5 Å². The van der Waals surface area contributed by atoms with Crippen molar-refractivity contribution in [2.45, 2.75) is 0 Å². The molecule has 2 heterocycles. The maximum atomic E-state index is 12.7. The second kappa shape index (κ2) is 14.6. The number of amides is 2. The summed E-state index contributed by atoms with van der Waals surface area (Å²) in [6, 6.07) is 21.2. The Morgan fingerprint density at radius 3 is 2.29 bits per heavy atom. The lowest BCUT2D eigenvalue weighted by molar-refractivity contribution is -0.122. The number of hydrogen-bond donors (Lipinski definition) is 4. The molecule has 1 saturated heterocycles. The number of hydroxylamine groups is 1. The average Bonchev–Trinajstić information content (AvgIpc) is 3.40. The van der Waals surface area contributed by atoms with Crippen LogP contribution in [0.25, 0.3) is 10.9 Å². The number of likely N-dealkylation sites (N-methyl/N-ethyl adjacent to an activating group) is 1. The van der Waals surface area contributed by atoms with Crippen molar-refractivity contribution in [1.82, 2.24) is 25.6 Å². The number of ether oxygens (including phenoxy) is 1. The van der Waals surface area contributed by atoms with Crippen LogP contribution < -0.4 is 10.8 Å². The summed E-state index contributed by atoms with van der Waals surface area (Å²) in [7, 11) is 2.95. The van der Waals surface area contributed by atoms with E-state index in [1.807, 2.05) is 30.3 Å². The molecule has 0 atom stereocenters. The maximum Gasteiger partial charge on any atom is 0.337 e. The van der Waals surface area contributed by atoms with Crippen molar-refractivity contribution >= 4 is 40.1 Å². The Morgan fingerprint density at radius 1 is 0.911 bits per heavy atom. The fourth-order valence-corrected chi connectivity index (χ4v) is 5.15. The number of fused-ring (bicyclic) bond motifs is 1. The van der Waals surface area contributed by atoms with Crippen LogP contribution in [0.3, 0.4) is 0 Å². The van der Waals surface area contributed by atoms with Crippen LogP contribution in [0.4, 0.5) is 5.69 Å². The lowest BCUT2D eigenvalue weighted by Gasteiger charge is -2.33. The molecule has 1 fully saturated rings. The van der Waals surface area contributed by atoms with E-state index in [0.29, 0.717) is 58.7 Å². The molecule has 234 valence electrons. The van der Waals surface area contributed by atoms with Crippen LogP contribution in [0.15, 0.2) is 77.8 Å². The summed E-state index contributed by atoms with van der Waals surface area (Å²) in [6.07, 6.45) is 0. The molecule has 4 N–H and O–H groups in total. The number of nitrogens with one attached hydrogen (secondary N) is 3. The van der Waals surface area contributed by atoms with Crippen LogP contribution in [0.1, 0.15) is 31.8 Å². The molecule has 0 spiro atoms. The normalized spacial score (nSPS) is 14.3. The highest BCUT2D eigenvalue weighted by molar-refractivity contribution is 6.22. The Kier molecular flexibility index (Phi) is 10.2. The van der Waals surface area contributed by atoms with Crippen molar-refractivity contribution in [2.75, 3.05) is 60.0 Å². The highest BCUT2D eigenvalue weighted by Gasteiger charge is 2.21. The minimum absolute atomic E-state index is 0.0104. The molecule has 1 aromatic heterocycles. The predicted octanol–water partition coefficient (Wildman–Crippen LogP) is 2.85. The smallest absolute Gasteiger partial charge is 0.337 e. The van der Waals surface area contributed by atoms with Gasteiger partial charge in [-0.05, 0) is 36.4 Å². The predicted molar refractivity (Wildman–Crippen MR) is 170 cm³/mol. The molecule has 4 aromatic rings. The monoisotopic (exact) mass is 612 g/mol. The van der Waals surface area contributed by atoms with Crippen LogP contribution in [0, 0.1) is 0 Å². The number of aromatic hydroxyl groups is 1. The highest BCUT2D eigenvalue weighted by atomic mass is 16.7. The zero-order valence-electron chi connectivity index (χ0n) is 25.2. The van der Waals surface area contributed by atoms with Gasteiger partial charge in [0, 0.05) is 61.8 Å². The van der Waals surface area contributed by atoms with E-state index < -0.39 is 5.97 Å². The van der Waals surface area contributed by atoms with Gasteiger partial charge in [-0.25, -0.2) is 15.3 Å². The molecule has 1 aliphatic heterocycles. The Hall–Kier alpha value is -5.04. The summed E-state index contributed by atoms with van der Waals surface area (Å²) in [5, 5.41) is 14.3. The molecule has 0 saturated carbocycles. The maximum absolute atomic E-state index is 12.7. The van der Waals surface area contributed by atoms with Gasteiger partial charge in [0.25, 0.3) is 5.91 Å². The van der Waals surface area contributed by atoms with E-state index in [1.165, 1.54) is 7.11 Å². The first kappa shape index (κ1) is 31.4. The summed E-state index contributed by atoms with van der Waals surface area (Å²) >= 11 is 0. The van der Waals surface area contributed by atoms with Crippen molar-refractivity contribution in [2.24, 2.45) is 4.99 Å². The SMILES string of the molecule is CNC(=O)CN1CCN(CCONC(=O)c2ccc(N=C(c3ccccc3)c3c(O)[nH]c4cc(C(=O)OC)ccc34)cc2)CC1. The fraction of sp³-hybridized carbons (Fsp3) is 0.273. The molecule has 12 heteroatoms. The third-order valence-electron chi connectivity index (χ3n) is 7.64. The average molecular weight is 613 g/mol. The number of esters is 1. The minimum Gasteiger partial charge on any atom is -0.494 e. The number of aromatic nitrogens is 1. The molecule has 1 aliphatic rings. The number of hydrogen-bond acceptors (Lipinski definition) is 9. The van der Waals surface area contributed by atoms with Crippen molar-refractivity contribution in [3.63, 3.8) is 0 Å². The summed E-state index contributed by atoms with van der Waals surface area (Å²) in [5.41, 5.74) is 6.16. The first-order valence-electron chi connectivity index (χ1n) is 14.6. The Bertz CT molecular complexity index is 1680. The lowest BCUT2D eigenvalue weighted by atomic mass is 10.00. The van der Waals surface area contributed by atoms with Gasteiger partial charge in [0.2, 0.25) is 5.91 Å². The van der Waals surface area contributed by atoms with Crippen molar-refractivity contribution in [3.05, 3.63) is 95.1 Å². The number of nitrogens with zero attached hydrogens (tertiary/aromatic N) is 3. The summed E-state index contributed by atoms with van der Waals surface area (Å²) in [4.78, 5) is 53.9. The largest absolute Gasteiger partial charge is 0.494 e. The number of rotatable bonds is 11. The van der Waals surface area contributed by atoms with E-state index in [0.717, 1.165) is 31.7 Å². The third-order valence-corrected chi connectivity index (χ3v) is 7.64. The number of benzene rings is 3. The number of methoxy groups -OCH3 is 1. The molecule has 12 nitrogen and oxygen atoms in total. The van der Waals surface area contributed by atoms with Gasteiger partial charge >= 0.3 is 5.97 Å². The lowest BCUT2D eigenvalue weighted by Crippen LogP contribution is -2.50. The topological polar surface area (TPSA) is 149 Å². The van der Waals surface area contributed by atoms with Gasteiger partial charge in [0.15, 0.2) is 5.88 Å². The first-order valence-corrected chi connectivity index (χ1v) is 14.6. The molecule has 0 radical (unpaired) electrons. The van der Waals surface area contributed by atoms with Gasteiger partial charge in [-0.15, -0.1) is 0 Å². The first-order chi connectivity index (χ1) is 21.9.